The number of furan rings is 1. The molecule has 0 saturated carbocycles. The van der Waals surface area contributed by atoms with Gasteiger partial charge in [0.2, 0.25) is 0 Å². The van der Waals surface area contributed by atoms with Crippen LogP contribution in [-0.2, 0) is 0 Å². The van der Waals surface area contributed by atoms with Crippen LogP contribution in [-0.4, -0.2) is 36.5 Å². The quantitative estimate of drug-likeness (QED) is 0.890. The molecule has 5 heteroatoms. The third-order valence-corrected chi connectivity index (χ3v) is 5.57. The largest absolute Gasteiger partial charge is 0.451 e. The molecule has 0 spiro atoms. The van der Waals surface area contributed by atoms with Gasteiger partial charge in [-0.25, -0.2) is 0 Å². The van der Waals surface area contributed by atoms with Crippen LogP contribution in [0, 0.1) is 12.8 Å². The van der Waals surface area contributed by atoms with Gasteiger partial charge in [0.15, 0.2) is 5.76 Å². The lowest BCUT2D eigenvalue weighted by atomic mass is 9.84. The molecule has 2 aromatic rings. The monoisotopic (exact) mass is 362 g/mol. The van der Waals surface area contributed by atoms with E-state index < -0.39 is 0 Å². The number of hydrogen-bond donors (Lipinski definition) is 1. The summed E-state index contributed by atoms with van der Waals surface area (Å²) in [6.45, 7) is 5.27. The van der Waals surface area contributed by atoms with Crippen molar-refractivity contribution in [2.24, 2.45) is 5.92 Å². The number of hydrogen-bond acceptors (Lipinski definition) is 3. The van der Waals surface area contributed by atoms with Crippen molar-refractivity contribution in [3.8, 4) is 0 Å². The van der Waals surface area contributed by atoms with E-state index >= 15 is 0 Å². The van der Waals surface area contributed by atoms with Crippen molar-refractivity contribution < 1.29 is 9.21 Å². The van der Waals surface area contributed by atoms with Crippen molar-refractivity contribution >= 4 is 32.8 Å². The molecule has 3 saturated heterocycles. The zero-order valence-electron chi connectivity index (χ0n) is 12.6. The standard InChI is InChI=1S/C17H19BrN2O2/c1-10-13-3-2-12(18)8-15(13)22-16(10)17(21)19-14-9-20-6-4-11(14)5-7-20/h2-3,8,11,14H,4-7,9H2,1H3,(H,19,21). The fraction of sp³-hybridized carbons (Fsp3) is 0.471. The molecule has 1 aromatic carbocycles. The van der Waals surface area contributed by atoms with Gasteiger partial charge in [-0.05, 0) is 57.0 Å². The topological polar surface area (TPSA) is 45.5 Å². The van der Waals surface area contributed by atoms with Crippen LogP contribution in [0.4, 0.5) is 0 Å². The normalized spacial score (nSPS) is 27.3. The molecular formula is C17H19BrN2O2. The summed E-state index contributed by atoms with van der Waals surface area (Å²) < 4.78 is 6.76. The first-order valence-corrected chi connectivity index (χ1v) is 8.63. The maximum Gasteiger partial charge on any atom is 0.287 e. The minimum atomic E-state index is -0.0800. The smallest absolute Gasteiger partial charge is 0.287 e. The minimum Gasteiger partial charge on any atom is -0.451 e. The lowest BCUT2D eigenvalue weighted by Gasteiger charge is -2.44. The van der Waals surface area contributed by atoms with E-state index in [-0.39, 0.29) is 11.9 Å². The molecule has 0 radical (unpaired) electrons. The minimum absolute atomic E-state index is 0.0800. The van der Waals surface area contributed by atoms with E-state index in [4.69, 9.17) is 4.42 Å². The van der Waals surface area contributed by atoms with Crippen LogP contribution in [0.2, 0.25) is 0 Å². The Hall–Kier alpha value is -1.33. The highest BCUT2D eigenvalue weighted by Gasteiger charge is 2.35. The van der Waals surface area contributed by atoms with Crippen LogP contribution in [0.5, 0.6) is 0 Å². The summed E-state index contributed by atoms with van der Waals surface area (Å²) in [7, 11) is 0. The number of carbonyl (C=O) groups excluding carboxylic acids is 1. The number of halogens is 1. The fourth-order valence-corrected chi connectivity index (χ4v) is 4.12. The molecule has 22 heavy (non-hydrogen) atoms. The van der Waals surface area contributed by atoms with Crippen LogP contribution >= 0.6 is 15.9 Å². The fourth-order valence-electron chi connectivity index (χ4n) is 3.78. The number of carbonyl (C=O) groups is 1. The summed E-state index contributed by atoms with van der Waals surface area (Å²) >= 11 is 3.44. The molecule has 4 heterocycles. The summed E-state index contributed by atoms with van der Waals surface area (Å²) in [6, 6.07) is 6.13. The number of aryl methyl sites for hydroxylation is 1. The van der Waals surface area contributed by atoms with E-state index in [1.54, 1.807) is 0 Å². The molecular weight excluding hydrogens is 344 g/mol. The molecule has 3 aliphatic heterocycles. The first-order chi connectivity index (χ1) is 10.6. The maximum absolute atomic E-state index is 12.6. The first kappa shape index (κ1) is 14.3. The van der Waals surface area contributed by atoms with Gasteiger partial charge >= 0.3 is 0 Å². The maximum atomic E-state index is 12.6. The van der Waals surface area contributed by atoms with Crippen LogP contribution in [0.15, 0.2) is 27.1 Å². The second kappa shape index (κ2) is 5.39. The van der Waals surface area contributed by atoms with Gasteiger partial charge < -0.3 is 14.6 Å². The third kappa shape index (κ3) is 2.36. The molecule has 3 aliphatic rings. The van der Waals surface area contributed by atoms with Crippen molar-refractivity contribution in [3.63, 3.8) is 0 Å². The zero-order valence-corrected chi connectivity index (χ0v) is 14.1. The van der Waals surface area contributed by atoms with Gasteiger partial charge in [-0.1, -0.05) is 15.9 Å². The highest BCUT2D eigenvalue weighted by molar-refractivity contribution is 9.10. The number of benzene rings is 1. The summed E-state index contributed by atoms with van der Waals surface area (Å²) in [4.78, 5) is 15.1. The average Bonchev–Trinajstić information content (AvgIpc) is 2.85. The Labute approximate surface area is 138 Å². The summed E-state index contributed by atoms with van der Waals surface area (Å²) in [6.07, 6.45) is 2.38. The molecule has 5 rings (SSSR count). The molecule has 1 N–H and O–H groups in total. The molecule has 1 aromatic heterocycles. The van der Waals surface area contributed by atoms with E-state index in [0.717, 1.165) is 27.6 Å². The van der Waals surface area contributed by atoms with Crippen molar-refractivity contribution in [2.75, 3.05) is 19.6 Å². The Balaban J connectivity index is 1.59. The van der Waals surface area contributed by atoms with Crippen LogP contribution in [0.3, 0.4) is 0 Å². The molecule has 2 bridgehead atoms. The van der Waals surface area contributed by atoms with Crippen molar-refractivity contribution in [1.82, 2.24) is 10.2 Å². The van der Waals surface area contributed by atoms with Crippen LogP contribution < -0.4 is 5.32 Å². The van der Waals surface area contributed by atoms with Crippen molar-refractivity contribution in [2.45, 2.75) is 25.8 Å². The van der Waals surface area contributed by atoms with Crippen LogP contribution in [0.25, 0.3) is 11.0 Å². The number of fused-ring (bicyclic) bond motifs is 4. The van der Waals surface area contributed by atoms with Gasteiger partial charge in [0.1, 0.15) is 5.58 Å². The van der Waals surface area contributed by atoms with Gasteiger partial charge in [-0.15, -0.1) is 0 Å². The Bertz CT molecular complexity index is 732. The molecule has 0 aliphatic carbocycles. The predicted molar refractivity (Wildman–Crippen MR) is 89.1 cm³/mol. The Morgan fingerprint density at radius 1 is 1.36 bits per heavy atom. The van der Waals surface area contributed by atoms with E-state index in [2.05, 4.69) is 26.1 Å². The van der Waals surface area contributed by atoms with Gasteiger partial charge in [0.25, 0.3) is 5.91 Å². The molecule has 1 amide bonds. The highest BCUT2D eigenvalue weighted by atomic mass is 79.9. The Kier molecular flexibility index (Phi) is 3.50. The van der Waals surface area contributed by atoms with Crippen molar-refractivity contribution in [1.29, 1.82) is 0 Å². The van der Waals surface area contributed by atoms with Gasteiger partial charge in [-0.2, -0.15) is 0 Å². The lowest BCUT2D eigenvalue weighted by molar-refractivity contribution is 0.0606. The molecule has 4 nitrogen and oxygen atoms in total. The van der Waals surface area contributed by atoms with E-state index in [1.807, 2.05) is 25.1 Å². The van der Waals surface area contributed by atoms with E-state index in [1.165, 1.54) is 25.9 Å². The summed E-state index contributed by atoms with van der Waals surface area (Å²) in [5, 5.41) is 4.20. The lowest BCUT2D eigenvalue weighted by Crippen LogP contribution is -2.57. The Morgan fingerprint density at radius 2 is 2.14 bits per heavy atom. The molecule has 3 fully saturated rings. The third-order valence-electron chi connectivity index (χ3n) is 5.08. The Morgan fingerprint density at radius 3 is 2.82 bits per heavy atom. The number of nitrogens with one attached hydrogen (secondary N) is 1. The van der Waals surface area contributed by atoms with Crippen LogP contribution in [0.1, 0.15) is 29.0 Å². The van der Waals surface area contributed by atoms with E-state index in [0.29, 0.717) is 11.7 Å². The molecule has 1 atom stereocenters. The molecule has 116 valence electrons. The van der Waals surface area contributed by atoms with E-state index in [9.17, 15) is 4.79 Å². The van der Waals surface area contributed by atoms with Gasteiger partial charge in [-0.3, -0.25) is 4.79 Å². The number of amides is 1. The highest BCUT2D eigenvalue weighted by Crippen LogP contribution is 2.30. The second-order valence-corrected chi connectivity index (χ2v) is 7.33. The number of nitrogens with zero attached hydrogens (tertiary/aromatic N) is 1. The van der Waals surface area contributed by atoms with Crippen molar-refractivity contribution in [3.05, 3.63) is 34.0 Å². The van der Waals surface area contributed by atoms with Gasteiger partial charge in [0, 0.05) is 28.0 Å². The summed E-state index contributed by atoms with van der Waals surface area (Å²) in [5.41, 5.74) is 1.67. The first-order valence-electron chi connectivity index (χ1n) is 7.83. The SMILES string of the molecule is Cc1c(C(=O)NC2CN3CCC2CC3)oc2cc(Br)ccc12. The predicted octanol–water partition coefficient (Wildman–Crippen LogP) is 3.33. The number of rotatable bonds is 2. The average molecular weight is 363 g/mol. The molecule has 1 unspecified atom stereocenters. The van der Waals surface area contributed by atoms with Gasteiger partial charge in [0.05, 0.1) is 0 Å². The summed E-state index contributed by atoms with van der Waals surface area (Å²) in [5.74, 6) is 0.987. The number of piperidine rings is 3. The second-order valence-electron chi connectivity index (χ2n) is 6.41. The zero-order chi connectivity index (χ0) is 15.3.